The molecule has 2 rings (SSSR count). The monoisotopic (exact) mass is 184 g/mol. The molecule has 3 atom stereocenters. The molecule has 2 fully saturated rings. The first-order valence-corrected chi connectivity index (χ1v) is 5.87. The van der Waals surface area contributed by atoms with Gasteiger partial charge in [0.2, 0.25) is 0 Å². The van der Waals surface area contributed by atoms with E-state index in [4.69, 9.17) is 0 Å². The van der Waals surface area contributed by atoms with Crippen molar-refractivity contribution in [3.05, 3.63) is 0 Å². The van der Waals surface area contributed by atoms with E-state index in [1.54, 1.807) is 0 Å². The minimum Gasteiger partial charge on any atom is -0.251 e. The van der Waals surface area contributed by atoms with Crippen LogP contribution in [0.25, 0.3) is 0 Å². The second kappa shape index (κ2) is 3.25. The van der Waals surface area contributed by atoms with E-state index < -0.39 is 0 Å². The molecular formula is C12H21F. The molecule has 0 amide bonds. The third-order valence-electron chi connectivity index (χ3n) is 4.52. The predicted molar refractivity (Wildman–Crippen MR) is 53.3 cm³/mol. The maximum absolute atomic E-state index is 12.0. The Bertz CT molecular complexity index is 178. The van der Waals surface area contributed by atoms with Gasteiger partial charge in [-0.15, -0.1) is 0 Å². The summed E-state index contributed by atoms with van der Waals surface area (Å²) in [6, 6.07) is 0. The van der Waals surface area contributed by atoms with Crippen LogP contribution in [0.5, 0.6) is 0 Å². The van der Waals surface area contributed by atoms with Gasteiger partial charge in [-0.1, -0.05) is 26.7 Å². The van der Waals surface area contributed by atoms with Gasteiger partial charge in [-0.05, 0) is 42.4 Å². The molecule has 0 radical (unpaired) electrons. The fraction of sp³-hybridized carbons (Fsp3) is 1.00. The number of hydrogen-bond acceptors (Lipinski definition) is 0. The summed E-state index contributed by atoms with van der Waals surface area (Å²) in [4.78, 5) is 0. The van der Waals surface area contributed by atoms with Gasteiger partial charge in [-0.2, -0.15) is 0 Å². The Labute approximate surface area is 80.9 Å². The summed E-state index contributed by atoms with van der Waals surface area (Å²) in [5, 5.41) is 0. The summed E-state index contributed by atoms with van der Waals surface area (Å²) in [6.07, 6.45) is 6.09. The van der Waals surface area contributed by atoms with E-state index in [2.05, 4.69) is 13.8 Å². The van der Waals surface area contributed by atoms with E-state index in [9.17, 15) is 4.39 Å². The SMILES string of the molecule is CCC1C(CC)C12CC2CCCF. The number of hydrogen-bond donors (Lipinski definition) is 0. The molecule has 0 aromatic carbocycles. The molecule has 0 N–H and O–H groups in total. The van der Waals surface area contributed by atoms with Crippen molar-refractivity contribution in [3.63, 3.8) is 0 Å². The van der Waals surface area contributed by atoms with Crippen LogP contribution in [0.1, 0.15) is 46.0 Å². The van der Waals surface area contributed by atoms with Crippen LogP contribution in [0.4, 0.5) is 4.39 Å². The van der Waals surface area contributed by atoms with Gasteiger partial charge in [0, 0.05) is 0 Å². The molecule has 76 valence electrons. The maximum atomic E-state index is 12.0. The van der Waals surface area contributed by atoms with Gasteiger partial charge in [0.05, 0.1) is 6.67 Å². The zero-order chi connectivity index (χ0) is 9.47. The molecule has 2 aliphatic carbocycles. The molecule has 0 bridgehead atoms. The van der Waals surface area contributed by atoms with Gasteiger partial charge >= 0.3 is 0 Å². The Morgan fingerprint density at radius 1 is 1.23 bits per heavy atom. The van der Waals surface area contributed by atoms with Crippen LogP contribution in [0, 0.1) is 23.2 Å². The lowest BCUT2D eigenvalue weighted by molar-refractivity contribution is 0.437. The first-order valence-electron chi connectivity index (χ1n) is 5.87. The van der Waals surface area contributed by atoms with Gasteiger partial charge < -0.3 is 0 Å². The van der Waals surface area contributed by atoms with E-state index in [0.717, 1.165) is 36.0 Å². The molecule has 1 spiro atoms. The molecule has 2 aliphatic rings. The first kappa shape index (κ1) is 9.48. The molecule has 0 saturated heterocycles. The highest BCUT2D eigenvalue weighted by Gasteiger charge is 2.74. The van der Waals surface area contributed by atoms with E-state index in [1.807, 2.05) is 0 Å². The van der Waals surface area contributed by atoms with Crippen LogP contribution in [0.15, 0.2) is 0 Å². The normalized spacial score (nSPS) is 46.8. The summed E-state index contributed by atoms with van der Waals surface area (Å²) < 4.78 is 12.0. The Hall–Kier alpha value is -0.0700. The second-order valence-electron chi connectivity index (χ2n) is 4.87. The van der Waals surface area contributed by atoms with Crippen molar-refractivity contribution >= 4 is 0 Å². The van der Waals surface area contributed by atoms with Crippen LogP contribution >= 0.6 is 0 Å². The standard InChI is InChI=1S/C12H21F/c1-3-10-11(4-2)12(10)8-9(12)6-5-7-13/h9-11H,3-8H2,1-2H3. The fourth-order valence-electron chi connectivity index (χ4n) is 3.93. The predicted octanol–water partition coefficient (Wildman–Crippen LogP) is 3.81. The molecule has 2 saturated carbocycles. The Balaban J connectivity index is 1.83. The summed E-state index contributed by atoms with van der Waals surface area (Å²) in [7, 11) is 0. The Morgan fingerprint density at radius 3 is 2.31 bits per heavy atom. The molecule has 3 unspecified atom stereocenters. The Morgan fingerprint density at radius 2 is 1.85 bits per heavy atom. The van der Waals surface area contributed by atoms with E-state index >= 15 is 0 Å². The van der Waals surface area contributed by atoms with Crippen molar-refractivity contribution in [1.29, 1.82) is 0 Å². The van der Waals surface area contributed by atoms with Crippen molar-refractivity contribution in [2.24, 2.45) is 23.2 Å². The third-order valence-corrected chi connectivity index (χ3v) is 4.52. The van der Waals surface area contributed by atoms with Crippen LogP contribution < -0.4 is 0 Å². The molecule has 0 nitrogen and oxygen atoms in total. The highest BCUT2D eigenvalue weighted by Crippen LogP contribution is 2.81. The van der Waals surface area contributed by atoms with Crippen molar-refractivity contribution in [3.8, 4) is 0 Å². The van der Waals surface area contributed by atoms with Gasteiger partial charge in [0.15, 0.2) is 0 Å². The van der Waals surface area contributed by atoms with E-state index in [1.165, 1.54) is 19.3 Å². The number of rotatable bonds is 5. The minimum atomic E-state index is -0.111. The van der Waals surface area contributed by atoms with E-state index in [0.29, 0.717) is 0 Å². The van der Waals surface area contributed by atoms with Crippen LogP contribution in [0.3, 0.4) is 0 Å². The average Bonchev–Trinajstić information content (AvgIpc) is 3.01. The average molecular weight is 184 g/mol. The molecule has 0 heterocycles. The smallest absolute Gasteiger partial charge is 0.0894 e. The van der Waals surface area contributed by atoms with E-state index in [-0.39, 0.29) is 6.67 Å². The van der Waals surface area contributed by atoms with Gasteiger partial charge in [0.25, 0.3) is 0 Å². The van der Waals surface area contributed by atoms with Crippen molar-refractivity contribution in [2.75, 3.05) is 6.67 Å². The topological polar surface area (TPSA) is 0 Å². The molecule has 13 heavy (non-hydrogen) atoms. The summed E-state index contributed by atoms with van der Waals surface area (Å²) >= 11 is 0. The molecular weight excluding hydrogens is 163 g/mol. The number of halogens is 1. The zero-order valence-corrected chi connectivity index (χ0v) is 8.85. The van der Waals surface area contributed by atoms with Gasteiger partial charge in [-0.3, -0.25) is 4.39 Å². The van der Waals surface area contributed by atoms with Crippen molar-refractivity contribution in [1.82, 2.24) is 0 Å². The molecule has 0 aliphatic heterocycles. The quantitative estimate of drug-likeness (QED) is 0.609. The Kier molecular flexibility index (Phi) is 2.37. The lowest BCUT2D eigenvalue weighted by Crippen LogP contribution is -1.87. The largest absolute Gasteiger partial charge is 0.251 e. The highest BCUT2D eigenvalue weighted by molar-refractivity contribution is 5.22. The number of alkyl halides is 1. The summed E-state index contributed by atoms with van der Waals surface area (Å²) in [6.45, 7) is 4.51. The second-order valence-corrected chi connectivity index (χ2v) is 4.87. The minimum absolute atomic E-state index is 0.111. The zero-order valence-electron chi connectivity index (χ0n) is 8.85. The fourth-order valence-corrected chi connectivity index (χ4v) is 3.93. The molecule has 0 aromatic heterocycles. The lowest BCUT2D eigenvalue weighted by atomic mass is 10.1. The van der Waals surface area contributed by atoms with Crippen LogP contribution in [-0.4, -0.2) is 6.67 Å². The lowest BCUT2D eigenvalue weighted by Gasteiger charge is -1.95. The maximum Gasteiger partial charge on any atom is 0.0894 e. The molecule has 0 aromatic rings. The van der Waals surface area contributed by atoms with Crippen LogP contribution in [-0.2, 0) is 0 Å². The van der Waals surface area contributed by atoms with Crippen molar-refractivity contribution < 1.29 is 4.39 Å². The summed E-state index contributed by atoms with van der Waals surface area (Å²) in [5.74, 6) is 2.90. The molecule has 1 heteroatoms. The first-order chi connectivity index (χ1) is 6.31. The summed E-state index contributed by atoms with van der Waals surface area (Å²) in [5.41, 5.74) is 0.735. The highest BCUT2D eigenvalue weighted by atomic mass is 19.1. The van der Waals surface area contributed by atoms with Gasteiger partial charge in [0.1, 0.15) is 0 Å². The third kappa shape index (κ3) is 1.23. The van der Waals surface area contributed by atoms with Crippen molar-refractivity contribution in [2.45, 2.75) is 46.0 Å². The van der Waals surface area contributed by atoms with Crippen LogP contribution in [0.2, 0.25) is 0 Å². The van der Waals surface area contributed by atoms with Gasteiger partial charge in [-0.25, -0.2) is 0 Å².